The van der Waals surface area contributed by atoms with E-state index in [9.17, 15) is 0 Å². The van der Waals surface area contributed by atoms with Crippen molar-refractivity contribution in [2.24, 2.45) is 0 Å². The van der Waals surface area contributed by atoms with E-state index in [1.165, 1.54) is 33.4 Å². The maximum absolute atomic E-state index is 4.37. The summed E-state index contributed by atoms with van der Waals surface area (Å²) in [5, 5.41) is 0. The zero-order valence-electron chi connectivity index (χ0n) is 16.3. The highest BCUT2D eigenvalue weighted by Crippen LogP contribution is 2.35. The lowest BCUT2D eigenvalue weighted by molar-refractivity contribution is 1.24. The molecule has 1 N–H and O–H groups in total. The van der Waals surface area contributed by atoms with Crippen molar-refractivity contribution in [1.82, 2.24) is 9.97 Å². The summed E-state index contributed by atoms with van der Waals surface area (Å²) in [6, 6.07) is 26.0. The van der Waals surface area contributed by atoms with Crippen molar-refractivity contribution in [2.45, 2.75) is 20.3 Å². The van der Waals surface area contributed by atoms with Gasteiger partial charge < -0.3 is 4.98 Å². The highest BCUT2D eigenvalue weighted by Gasteiger charge is 2.14. The molecule has 0 saturated heterocycles. The van der Waals surface area contributed by atoms with Crippen molar-refractivity contribution in [3.05, 3.63) is 107 Å². The lowest BCUT2D eigenvalue weighted by atomic mass is 9.88. The van der Waals surface area contributed by atoms with Crippen LogP contribution >= 0.6 is 0 Å². The summed E-state index contributed by atoms with van der Waals surface area (Å²) in [6.45, 7) is 4.27. The van der Waals surface area contributed by atoms with E-state index in [-0.39, 0.29) is 0 Å². The Hall–Kier alpha value is -3.39. The number of hydrogen-bond acceptors (Lipinski definition) is 1. The summed E-state index contributed by atoms with van der Waals surface area (Å²) in [5.74, 6) is 0. The highest BCUT2D eigenvalue weighted by molar-refractivity contribution is 6.00. The van der Waals surface area contributed by atoms with Crippen molar-refractivity contribution in [1.29, 1.82) is 0 Å². The van der Waals surface area contributed by atoms with E-state index in [4.69, 9.17) is 0 Å². The van der Waals surface area contributed by atoms with Crippen LogP contribution in [0.2, 0.25) is 0 Å². The number of fused-ring (bicyclic) bond motifs is 1. The van der Waals surface area contributed by atoms with Gasteiger partial charge in [-0.2, -0.15) is 0 Å². The second-order valence-corrected chi connectivity index (χ2v) is 6.83. The van der Waals surface area contributed by atoms with Crippen LogP contribution in [0.15, 0.2) is 85.2 Å². The Bertz CT molecular complexity index is 1130. The van der Waals surface area contributed by atoms with Crippen molar-refractivity contribution in [3.8, 4) is 0 Å². The number of rotatable bonds is 5. The molecule has 2 nitrogen and oxygen atoms in total. The summed E-state index contributed by atoms with van der Waals surface area (Å²) in [6.07, 6.45) is 6.90. The SMILES string of the molecule is C/C=C/c1ccc(/C(=C(/CC)c2ccccc2)c2ccc3nc[nH]c3c2)cc1. The van der Waals surface area contributed by atoms with Gasteiger partial charge in [-0.3, -0.25) is 0 Å². The van der Waals surface area contributed by atoms with Crippen LogP contribution in [0.5, 0.6) is 0 Å². The number of aromatic amines is 1. The fraction of sp³-hybridized carbons (Fsp3) is 0.115. The number of hydrogen-bond donors (Lipinski definition) is 1. The van der Waals surface area contributed by atoms with E-state index in [1.807, 2.05) is 6.92 Å². The molecule has 0 amide bonds. The minimum absolute atomic E-state index is 0.955. The predicted molar refractivity (Wildman–Crippen MR) is 120 cm³/mol. The maximum Gasteiger partial charge on any atom is 0.0931 e. The Balaban J connectivity index is 1.95. The van der Waals surface area contributed by atoms with Gasteiger partial charge in [0.2, 0.25) is 0 Å². The normalized spacial score (nSPS) is 12.5. The third kappa shape index (κ3) is 3.54. The molecule has 0 unspecified atom stereocenters. The zero-order valence-corrected chi connectivity index (χ0v) is 16.3. The summed E-state index contributed by atoms with van der Waals surface area (Å²) < 4.78 is 0. The molecule has 0 aliphatic rings. The molecule has 0 bridgehead atoms. The highest BCUT2D eigenvalue weighted by atomic mass is 14.9. The van der Waals surface area contributed by atoms with Gasteiger partial charge in [-0.05, 0) is 58.9 Å². The molecule has 0 aliphatic heterocycles. The Kier molecular flexibility index (Phi) is 5.20. The standard InChI is InChI=1S/C26H24N2/c1-3-8-19-11-13-21(14-12-19)26(23(4-2)20-9-6-5-7-10-20)22-15-16-24-25(17-22)28-18-27-24/h3,5-18H,4H2,1-2H3,(H,27,28)/b8-3+,26-23+. The minimum Gasteiger partial charge on any atom is -0.345 e. The van der Waals surface area contributed by atoms with Crippen LogP contribution in [-0.4, -0.2) is 9.97 Å². The minimum atomic E-state index is 0.955. The summed E-state index contributed by atoms with van der Waals surface area (Å²) >= 11 is 0. The van der Waals surface area contributed by atoms with Gasteiger partial charge in [-0.15, -0.1) is 0 Å². The van der Waals surface area contributed by atoms with E-state index in [0.29, 0.717) is 0 Å². The van der Waals surface area contributed by atoms with Gasteiger partial charge in [0.05, 0.1) is 17.4 Å². The van der Waals surface area contributed by atoms with Gasteiger partial charge in [0, 0.05) is 0 Å². The monoisotopic (exact) mass is 364 g/mol. The second-order valence-electron chi connectivity index (χ2n) is 6.83. The van der Waals surface area contributed by atoms with Gasteiger partial charge >= 0.3 is 0 Å². The van der Waals surface area contributed by atoms with Gasteiger partial charge in [-0.25, -0.2) is 4.98 Å². The first-order valence-electron chi connectivity index (χ1n) is 9.75. The van der Waals surface area contributed by atoms with E-state index in [1.54, 1.807) is 6.33 Å². The average Bonchev–Trinajstić information content (AvgIpc) is 3.21. The van der Waals surface area contributed by atoms with Crippen molar-refractivity contribution >= 4 is 28.3 Å². The molecular formula is C26H24N2. The Morgan fingerprint density at radius 3 is 2.36 bits per heavy atom. The molecule has 0 fully saturated rings. The Morgan fingerprint density at radius 1 is 0.893 bits per heavy atom. The first-order chi connectivity index (χ1) is 13.8. The predicted octanol–water partition coefficient (Wildman–Crippen LogP) is 6.97. The fourth-order valence-corrected chi connectivity index (χ4v) is 3.72. The molecular weight excluding hydrogens is 340 g/mol. The van der Waals surface area contributed by atoms with Crippen LogP contribution in [0.4, 0.5) is 0 Å². The molecule has 28 heavy (non-hydrogen) atoms. The van der Waals surface area contributed by atoms with Crippen LogP contribution in [0, 0.1) is 0 Å². The molecule has 0 aliphatic carbocycles. The number of benzene rings is 3. The summed E-state index contributed by atoms with van der Waals surface area (Å²) in [7, 11) is 0. The smallest absolute Gasteiger partial charge is 0.0931 e. The summed E-state index contributed by atoms with van der Waals surface area (Å²) in [5.41, 5.74) is 9.59. The number of allylic oxidation sites excluding steroid dienone is 2. The Labute approximate surface area is 166 Å². The zero-order chi connectivity index (χ0) is 19.3. The van der Waals surface area contributed by atoms with Crippen molar-refractivity contribution in [2.75, 3.05) is 0 Å². The first kappa shape index (κ1) is 18.0. The third-order valence-electron chi connectivity index (χ3n) is 5.04. The lowest BCUT2D eigenvalue weighted by Crippen LogP contribution is -1.95. The molecule has 138 valence electrons. The molecule has 0 saturated carbocycles. The van der Waals surface area contributed by atoms with E-state index in [0.717, 1.165) is 17.5 Å². The molecule has 1 aromatic heterocycles. The maximum atomic E-state index is 4.37. The molecule has 0 spiro atoms. The van der Waals surface area contributed by atoms with Gasteiger partial charge in [-0.1, -0.05) is 79.7 Å². The number of nitrogens with zero attached hydrogens (tertiary/aromatic N) is 1. The van der Waals surface area contributed by atoms with Crippen LogP contribution in [0.3, 0.4) is 0 Å². The van der Waals surface area contributed by atoms with Crippen LogP contribution < -0.4 is 0 Å². The molecule has 3 aromatic carbocycles. The first-order valence-corrected chi connectivity index (χ1v) is 9.75. The van der Waals surface area contributed by atoms with Crippen molar-refractivity contribution in [3.63, 3.8) is 0 Å². The summed E-state index contributed by atoms with van der Waals surface area (Å²) in [4.78, 5) is 7.61. The van der Waals surface area contributed by atoms with Gasteiger partial charge in [0.15, 0.2) is 0 Å². The van der Waals surface area contributed by atoms with Crippen LogP contribution in [0.25, 0.3) is 28.3 Å². The van der Waals surface area contributed by atoms with Gasteiger partial charge in [0.1, 0.15) is 0 Å². The molecule has 2 heteroatoms. The number of imidazole rings is 1. The lowest BCUT2D eigenvalue weighted by Gasteiger charge is -2.16. The van der Waals surface area contributed by atoms with Crippen LogP contribution in [0.1, 0.15) is 42.5 Å². The van der Waals surface area contributed by atoms with E-state index >= 15 is 0 Å². The fourth-order valence-electron chi connectivity index (χ4n) is 3.72. The molecule has 0 atom stereocenters. The number of H-pyrrole nitrogens is 1. The average molecular weight is 364 g/mol. The molecule has 0 radical (unpaired) electrons. The molecule has 1 heterocycles. The quantitative estimate of drug-likeness (QED) is 0.381. The largest absolute Gasteiger partial charge is 0.345 e. The van der Waals surface area contributed by atoms with Crippen molar-refractivity contribution < 1.29 is 0 Å². The number of nitrogens with one attached hydrogen (secondary N) is 1. The Morgan fingerprint density at radius 2 is 1.64 bits per heavy atom. The topological polar surface area (TPSA) is 28.7 Å². The molecule has 4 rings (SSSR count). The van der Waals surface area contributed by atoms with Gasteiger partial charge in [0.25, 0.3) is 0 Å². The third-order valence-corrected chi connectivity index (χ3v) is 5.04. The molecule has 4 aromatic rings. The second kappa shape index (κ2) is 8.10. The van der Waals surface area contributed by atoms with E-state index in [2.05, 4.69) is 102 Å². The van der Waals surface area contributed by atoms with Crippen LogP contribution in [-0.2, 0) is 0 Å². The van der Waals surface area contributed by atoms with E-state index < -0.39 is 0 Å². The number of aromatic nitrogens is 2.